The highest BCUT2D eigenvalue weighted by Gasteiger charge is 2.30. The lowest BCUT2D eigenvalue weighted by atomic mass is 10.1. The van der Waals surface area contributed by atoms with Crippen molar-refractivity contribution in [2.75, 3.05) is 6.61 Å². The lowest BCUT2D eigenvalue weighted by molar-refractivity contribution is -0.137. The third-order valence-corrected chi connectivity index (χ3v) is 3.30. The molecular formula is C17H15F4NO2. The van der Waals surface area contributed by atoms with Gasteiger partial charge in [-0.3, -0.25) is 4.79 Å². The number of carbonyl (C=O) groups is 1. The lowest BCUT2D eigenvalue weighted by Gasteiger charge is -2.15. The van der Waals surface area contributed by atoms with Crippen molar-refractivity contribution in [2.45, 2.75) is 19.1 Å². The first-order chi connectivity index (χ1) is 11.3. The molecule has 0 saturated heterocycles. The fraction of sp³-hybridized carbons (Fsp3) is 0.235. The first-order valence-electron chi connectivity index (χ1n) is 7.11. The van der Waals surface area contributed by atoms with E-state index in [9.17, 15) is 22.4 Å². The van der Waals surface area contributed by atoms with E-state index in [0.29, 0.717) is 5.56 Å². The van der Waals surface area contributed by atoms with Gasteiger partial charge in [0.15, 0.2) is 6.61 Å². The lowest BCUT2D eigenvalue weighted by Crippen LogP contribution is -2.31. The Bertz CT molecular complexity index is 698. The number of benzene rings is 2. The van der Waals surface area contributed by atoms with Gasteiger partial charge in [-0.25, -0.2) is 4.39 Å². The molecule has 2 aromatic carbocycles. The second-order valence-electron chi connectivity index (χ2n) is 5.12. The molecule has 2 rings (SSSR count). The van der Waals surface area contributed by atoms with Crippen LogP contribution in [0.3, 0.4) is 0 Å². The number of halogens is 4. The topological polar surface area (TPSA) is 38.3 Å². The molecule has 0 bridgehead atoms. The van der Waals surface area contributed by atoms with E-state index in [4.69, 9.17) is 4.74 Å². The fourth-order valence-corrected chi connectivity index (χ4v) is 2.08. The first-order valence-corrected chi connectivity index (χ1v) is 7.11. The van der Waals surface area contributed by atoms with Gasteiger partial charge in [-0.2, -0.15) is 13.2 Å². The van der Waals surface area contributed by atoms with Crippen LogP contribution in [0.5, 0.6) is 5.75 Å². The standard InChI is InChI=1S/C17H15F4NO2/c1-11(14-4-2-3-5-15(14)18)22-16(23)10-24-13-8-6-12(7-9-13)17(19,20)21/h2-9,11H,10H2,1H3,(H,22,23)/t11-/m0/s1. The molecule has 0 aromatic heterocycles. The second-order valence-corrected chi connectivity index (χ2v) is 5.12. The van der Waals surface area contributed by atoms with Crippen molar-refractivity contribution < 1.29 is 27.1 Å². The van der Waals surface area contributed by atoms with Crippen LogP contribution in [0.15, 0.2) is 48.5 Å². The first kappa shape index (κ1) is 17.8. The molecule has 0 heterocycles. The van der Waals surface area contributed by atoms with E-state index in [1.54, 1.807) is 25.1 Å². The average molecular weight is 341 g/mol. The van der Waals surface area contributed by atoms with E-state index in [-0.39, 0.29) is 12.4 Å². The Hall–Kier alpha value is -2.57. The van der Waals surface area contributed by atoms with Gasteiger partial charge in [-0.05, 0) is 37.3 Å². The molecule has 7 heteroatoms. The fourth-order valence-electron chi connectivity index (χ4n) is 2.08. The van der Waals surface area contributed by atoms with Crippen LogP contribution in [0.1, 0.15) is 24.1 Å². The van der Waals surface area contributed by atoms with Crippen molar-refractivity contribution >= 4 is 5.91 Å². The molecule has 0 fully saturated rings. The van der Waals surface area contributed by atoms with Gasteiger partial charge in [0.25, 0.3) is 5.91 Å². The summed E-state index contributed by atoms with van der Waals surface area (Å²) in [6.45, 7) is 1.23. The number of nitrogens with one attached hydrogen (secondary N) is 1. The van der Waals surface area contributed by atoms with E-state index in [1.807, 2.05) is 0 Å². The molecule has 3 nitrogen and oxygen atoms in total. The Morgan fingerprint density at radius 2 is 1.75 bits per heavy atom. The molecule has 0 unspecified atom stereocenters. The minimum atomic E-state index is -4.43. The van der Waals surface area contributed by atoms with E-state index in [1.165, 1.54) is 6.07 Å². The van der Waals surface area contributed by atoms with Crippen LogP contribution in [-0.2, 0) is 11.0 Å². The summed E-state index contributed by atoms with van der Waals surface area (Å²) in [5.41, 5.74) is -0.465. The molecule has 1 atom stereocenters. The molecule has 24 heavy (non-hydrogen) atoms. The normalized spacial score (nSPS) is 12.5. The highest BCUT2D eigenvalue weighted by Crippen LogP contribution is 2.30. The summed E-state index contributed by atoms with van der Waals surface area (Å²) in [7, 11) is 0. The smallest absolute Gasteiger partial charge is 0.416 e. The molecular weight excluding hydrogens is 326 g/mol. The molecule has 0 radical (unpaired) electrons. The SMILES string of the molecule is C[C@H](NC(=O)COc1ccc(C(F)(F)F)cc1)c1ccccc1F. The van der Waals surface area contributed by atoms with Crippen molar-refractivity contribution in [3.05, 3.63) is 65.5 Å². The van der Waals surface area contributed by atoms with E-state index < -0.39 is 29.5 Å². The Kier molecular flexibility index (Phi) is 5.43. The van der Waals surface area contributed by atoms with Gasteiger partial charge >= 0.3 is 6.18 Å². The van der Waals surface area contributed by atoms with E-state index in [2.05, 4.69) is 5.32 Å². The number of hydrogen-bond acceptors (Lipinski definition) is 2. The van der Waals surface area contributed by atoms with E-state index >= 15 is 0 Å². The van der Waals surface area contributed by atoms with Gasteiger partial charge in [0.1, 0.15) is 11.6 Å². The quantitative estimate of drug-likeness (QED) is 0.832. The summed E-state index contributed by atoms with van der Waals surface area (Å²) < 4.78 is 56.0. The predicted octanol–water partition coefficient (Wildman–Crippen LogP) is 4.10. The van der Waals surface area contributed by atoms with Gasteiger partial charge in [0.2, 0.25) is 0 Å². The third kappa shape index (κ3) is 4.71. The third-order valence-electron chi connectivity index (χ3n) is 3.30. The molecule has 0 aliphatic carbocycles. The van der Waals surface area contributed by atoms with Crippen LogP contribution in [-0.4, -0.2) is 12.5 Å². The number of amides is 1. The summed E-state index contributed by atoms with van der Waals surface area (Å²) in [5.74, 6) is -0.809. The maximum absolute atomic E-state index is 13.6. The molecule has 0 aliphatic rings. The van der Waals surface area contributed by atoms with Crippen LogP contribution < -0.4 is 10.1 Å². The Labute approximate surface area is 136 Å². The van der Waals surface area contributed by atoms with Crippen molar-refractivity contribution in [1.29, 1.82) is 0 Å². The summed E-state index contributed by atoms with van der Waals surface area (Å²) in [6.07, 6.45) is -4.43. The van der Waals surface area contributed by atoms with Crippen molar-refractivity contribution in [3.63, 3.8) is 0 Å². The number of carbonyl (C=O) groups excluding carboxylic acids is 1. The van der Waals surface area contributed by atoms with Gasteiger partial charge in [0, 0.05) is 5.56 Å². The van der Waals surface area contributed by atoms with Gasteiger partial charge in [-0.15, -0.1) is 0 Å². The second kappa shape index (κ2) is 7.33. The summed E-state index contributed by atoms with van der Waals surface area (Å²) in [6, 6.07) is 9.49. The van der Waals surface area contributed by atoms with Crippen LogP contribution in [0.4, 0.5) is 17.6 Å². The number of ether oxygens (including phenoxy) is 1. The molecule has 1 amide bonds. The minimum absolute atomic E-state index is 0.136. The Morgan fingerprint density at radius 3 is 2.33 bits per heavy atom. The summed E-state index contributed by atoms with van der Waals surface area (Å²) >= 11 is 0. The molecule has 0 aliphatic heterocycles. The van der Waals surface area contributed by atoms with Gasteiger partial charge in [0.05, 0.1) is 11.6 Å². The maximum atomic E-state index is 13.6. The number of alkyl halides is 3. The predicted molar refractivity (Wildman–Crippen MR) is 79.9 cm³/mol. The van der Waals surface area contributed by atoms with Crippen molar-refractivity contribution in [1.82, 2.24) is 5.32 Å². The Morgan fingerprint density at radius 1 is 1.12 bits per heavy atom. The number of rotatable bonds is 5. The zero-order valence-corrected chi connectivity index (χ0v) is 12.7. The minimum Gasteiger partial charge on any atom is -0.484 e. The van der Waals surface area contributed by atoms with E-state index in [0.717, 1.165) is 24.3 Å². The van der Waals surface area contributed by atoms with Crippen LogP contribution in [0, 0.1) is 5.82 Å². The zero-order chi connectivity index (χ0) is 17.7. The molecule has 2 aromatic rings. The van der Waals surface area contributed by atoms with Crippen molar-refractivity contribution in [3.8, 4) is 5.75 Å². The van der Waals surface area contributed by atoms with Crippen LogP contribution >= 0.6 is 0 Å². The molecule has 0 saturated carbocycles. The largest absolute Gasteiger partial charge is 0.484 e. The monoisotopic (exact) mass is 341 g/mol. The van der Waals surface area contributed by atoms with Gasteiger partial charge in [-0.1, -0.05) is 18.2 Å². The van der Waals surface area contributed by atoms with Crippen LogP contribution in [0.2, 0.25) is 0 Å². The molecule has 1 N–H and O–H groups in total. The maximum Gasteiger partial charge on any atom is 0.416 e. The summed E-state index contributed by atoms with van der Waals surface area (Å²) in [5, 5.41) is 2.56. The Balaban J connectivity index is 1.88. The number of hydrogen-bond donors (Lipinski definition) is 1. The molecule has 0 spiro atoms. The highest BCUT2D eigenvalue weighted by molar-refractivity contribution is 5.78. The highest BCUT2D eigenvalue weighted by atomic mass is 19.4. The zero-order valence-electron chi connectivity index (χ0n) is 12.7. The van der Waals surface area contributed by atoms with Crippen LogP contribution in [0.25, 0.3) is 0 Å². The van der Waals surface area contributed by atoms with Crippen molar-refractivity contribution in [2.24, 2.45) is 0 Å². The average Bonchev–Trinajstić information content (AvgIpc) is 2.53. The molecule has 128 valence electrons. The van der Waals surface area contributed by atoms with Gasteiger partial charge < -0.3 is 10.1 Å². The summed E-state index contributed by atoms with van der Waals surface area (Å²) in [4.78, 5) is 11.8.